The highest BCUT2D eigenvalue weighted by Crippen LogP contribution is 2.36. The van der Waals surface area contributed by atoms with Gasteiger partial charge in [-0.05, 0) is 12.8 Å². The van der Waals surface area contributed by atoms with E-state index in [0.717, 1.165) is 19.4 Å². The normalized spacial score (nSPS) is 37.1. The first kappa shape index (κ1) is 8.47. The maximum absolute atomic E-state index is 11.2. The Bertz CT molecular complexity index is 281. The average Bonchev–Trinajstić information content (AvgIpc) is 2.68. The Morgan fingerprint density at radius 2 is 2.17 bits per heavy atom. The van der Waals surface area contributed by atoms with Crippen LogP contribution in [-0.4, -0.2) is 44.3 Å². The molecule has 2 saturated heterocycles. The van der Waals surface area contributed by atoms with E-state index in [-0.39, 0.29) is 5.60 Å². The molecule has 4 nitrogen and oxygen atoms in total. The number of rotatable bonds is 1. The molecule has 2 rings (SSSR count). The van der Waals surface area contributed by atoms with Crippen LogP contribution in [0.2, 0.25) is 0 Å². The van der Waals surface area contributed by atoms with Crippen molar-refractivity contribution in [1.29, 1.82) is 0 Å². The Morgan fingerprint density at radius 3 is 2.67 bits per heavy atom. The molecule has 12 heavy (non-hydrogen) atoms. The second-order valence-corrected chi connectivity index (χ2v) is 5.65. The van der Waals surface area contributed by atoms with Gasteiger partial charge < -0.3 is 4.74 Å². The number of piperidine rings is 1. The first-order chi connectivity index (χ1) is 5.52. The van der Waals surface area contributed by atoms with Gasteiger partial charge in [0.25, 0.3) is 0 Å². The Morgan fingerprint density at radius 1 is 1.50 bits per heavy atom. The third-order valence-electron chi connectivity index (χ3n) is 2.53. The first-order valence-electron chi connectivity index (χ1n) is 4.11. The monoisotopic (exact) mass is 191 g/mol. The second-order valence-electron chi connectivity index (χ2n) is 3.67. The van der Waals surface area contributed by atoms with E-state index < -0.39 is 10.0 Å². The summed E-state index contributed by atoms with van der Waals surface area (Å²) in [6, 6.07) is 0. The van der Waals surface area contributed by atoms with Crippen molar-refractivity contribution in [2.24, 2.45) is 0 Å². The summed E-state index contributed by atoms with van der Waals surface area (Å²) in [6.45, 7) is 1.95. The lowest BCUT2D eigenvalue weighted by Crippen LogP contribution is -2.43. The van der Waals surface area contributed by atoms with Crippen LogP contribution < -0.4 is 0 Å². The van der Waals surface area contributed by atoms with Gasteiger partial charge in [0.05, 0.1) is 12.9 Å². The van der Waals surface area contributed by atoms with Crippen molar-refractivity contribution in [2.75, 3.05) is 26.0 Å². The van der Waals surface area contributed by atoms with Gasteiger partial charge in [0.2, 0.25) is 10.0 Å². The second kappa shape index (κ2) is 2.43. The van der Waals surface area contributed by atoms with Crippen LogP contribution in [0.1, 0.15) is 12.8 Å². The highest BCUT2D eigenvalue weighted by molar-refractivity contribution is 7.88. The molecular formula is C7H13NO3S. The highest BCUT2D eigenvalue weighted by atomic mass is 32.2. The smallest absolute Gasteiger partial charge is 0.211 e. The molecule has 70 valence electrons. The lowest BCUT2D eigenvalue weighted by atomic mass is 10.0. The van der Waals surface area contributed by atoms with E-state index in [1.54, 1.807) is 0 Å². The van der Waals surface area contributed by atoms with E-state index in [9.17, 15) is 8.42 Å². The Kier molecular flexibility index (Phi) is 1.72. The predicted molar refractivity (Wildman–Crippen MR) is 44.3 cm³/mol. The minimum absolute atomic E-state index is 0.0959. The van der Waals surface area contributed by atoms with Crippen molar-refractivity contribution in [2.45, 2.75) is 18.4 Å². The molecule has 0 aromatic heterocycles. The van der Waals surface area contributed by atoms with Crippen molar-refractivity contribution in [3.8, 4) is 0 Å². The average molecular weight is 191 g/mol. The van der Waals surface area contributed by atoms with Crippen molar-refractivity contribution in [1.82, 2.24) is 4.31 Å². The van der Waals surface area contributed by atoms with Crippen LogP contribution in [0.25, 0.3) is 0 Å². The molecule has 2 aliphatic heterocycles. The molecule has 2 heterocycles. The van der Waals surface area contributed by atoms with Gasteiger partial charge in [0.15, 0.2) is 0 Å². The lowest BCUT2D eigenvalue weighted by Gasteiger charge is -2.28. The van der Waals surface area contributed by atoms with Crippen LogP contribution in [-0.2, 0) is 14.8 Å². The summed E-state index contributed by atoms with van der Waals surface area (Å²) in [6.07, 6.45) is 3.19. The van der Waals surface area contributed by atoms with Crippen molar-refractivity contribution in [3.05, 3.63) is 0 Å². The standard InChI is InChI=1S/C7H13NO3S/c1-12(9,10)8-4-2-3-7(5-8)6-11-7/h2-6H2,1H3. The lowest BCUT2D eigenvalue weighted by molar-refractivity contribution is 0.195. The third kappa shape index (κ3) is 1.48. The zero-order valence-electron chi connectivity index (χ0n) is 7.12. The molecule has 2 fully saturated rings. The summed E-state index contributed by atoms with van der Waals surface area (Å²) in [7, 11) is -3.00. The molecule has 1 atom stereocenters. The van der Waals surface area contributed by atoms with Gasteiger partial charge in [-0.3, -0.25) is 0 Å². The summed E-state index contributed by atoms with van der Waals surface area (Å²) >= 11 is 0. The number of sulfonamides is 1. The van der Waals surface area contributed by atoms with Crippen LogP contribution in [0.5, 0.6) is 0 Å². The van der Waals surface area contributed by atoms with Gasteiger partial charge in [-0.2, -0.15) is 4.31 Å². The topological polar surface area (TPSA) is 49.9 Å². The van der Waals surface area contributed by atoms with Gasteiger partial charge in [-0.25, -0.2) is 8.42 Å². The minimum atomic E-state index is -3.00. The Balaban J connectivity index is 2.09. The summed E-state index contributed by atoms with van der Waals surface area (Å²) in [5, 5.41) is 0. The third-order valence-corrected chi connectivity index (χ3v) is 3.78. The molecule has 5 heteroatoms. The van der Waals surface area contributed by atoms with Crippen LogP contribution in [0.15, 0.2) is 0 Å². The van der Waals surface area contributed by atoms with E-state index in [1.165, 1.54) is 10.6 Å². The summed E-state index contributed by atoms with van der Waals surface area (Å²) in [4.78, 5) is 0. The van der Waals surface area contributed by atoms with Crippen LogP contribution in [0.3, 0.4) is 0 Å². The number of ether oxygens (including phenoxy) is 1. The molecule has 2 aliphatic rings. The predicted octanol–water partition coefficient (Wildman–Crippen LogP) is -0.189. The number of hydrogen-bond donors (Lipinski definition) is 0. The largest absolute Gasteiger partial charge is 0.368 e. The molecular weight excluding hydrogens is 178 g/mol. The van der Waals surface area contributed by atoms with E-state index in [4.69, 9.17) is 4.74 Å². The zero-order chi connectivity index (χ0) is 8.82. The fourth-order valence-electron chi connectivity index (χ4n) is 1.68. The van der Waals surface area contributed by atoms with Crippen LogP contribution in [0, 0.1) is 0 Å². The molecule has 0 aliphatic carbocycles. The SMILES string of the molecule is CS(=O)(=O)N1CCCC2(CO2)C1. The van der Waals surface area contributed by atoms with Crippen molar-refractivity contribution >= 4 is 10.0 Å². The first-order valence-corrected chi connectivity index (χ1v) is 5.96. The van der Waals surface area contributed by atoms with Crippen LogP contribution >= 0.6 is 0 Å². The van der Waals surface area contributed by atoms with Crippen molar-refractivity contribution in [3.63, 3.8) is 0 Å². The zero-order valence-corrected chi connectivity index (χ0v) is 7.93. The molecule has 0 saturated carbocycles. The molecule has 0 aromatic carbocycles. The van der Waals surface area contributed by atoms with Gasteiger partial charge in [-0.1, -0.05) is 0 Å². The summed E-state index contributed by atoms with van der Waals surface area (Å²) in [5.41, 5.74) is -0.0959. The van der Waals surface area contributed by atoms with E-state index in [2.05, 4.69) is 0 Å². The number of epoxide rings is 1. The minimum Gasteiger partial charge on any atom is -0.368 e. The maximum atomic E-state index is 11.2. The van der Waals surface area contributed by atoms with Gasteiger partial charge in [0.1, 0.15) is 5.60 Å². The van der Waals surface area contributed by atoms with Gasteiger partial charge in [0, 0.05) is 13.1 Å². The summed E-state index contributed by atoms with van der Waals surface area (Å²) in [5.74, 6) is 0. The highest BCUT2D eigenvalue weighted by Gasteiger charge is 2.49. The van der Waals surface area contributed by atoms with Crippen LogP contribution in [0.4, 0.5) is 0 Å². The summed E-state index contributed by atoms with van der Waals surface area (Å²) < 4.78 is 29.1. The molecule has 0 N–H and O–H groups in total. The molecule has 1 unspecified atom stereocenters. The Hall–Kier alpha value is -0.130. The van der Waals surface area contributed by atoms with Crippen molar-refractivity contribution < 1.29 is 13.2 Å². The van der Waals surface area contributed by atoms with Gasteiger partial charge >= 0.3 is 0 Å². The fourth-order valence-corrected chi connectivity index (χ4v) is 2.61. The number of nitrogens with zero attached hydrogens (tertiary/aromatic N) is 1. The fraction of sp³-hybridized carbons (Fsp3) is 1.00. The quantitative estimate of drug-likeness (QED) is 0.540. The maximum Gasteiger partial charge on any atom is 0.211 e. The Labute approximate surface area is 72.6 Å². The number of hydrogen-bond acceptors (Lipinski definition) is 3. The van der Waals surface area contributed by atoms with E-state index in [0.29, 0.717) is 13.1 Å². The molecule has 0 amide bonds. The molecule has 0 bridgehead atoms. The van der Waals surface area contributed by atoms with E-state index in [1.807, 2.05) is 0 Å². The molecule has 0 aromatic rings. The molecule has 0 radical (unpaired) electrons. The van der Waals surface area contributed by atoms with E-state index >= 15 is 0 Å². The van der Waals surface area contributed by atoms with Gasteiger partial charge in [-0.15, -0.1) is 0 Å². The molecule has 1 spiro atoms.